The van der Waals surface area contributed by atoms with Gasteiger partial charge in [0.15, 0.2) is 5.58 Å². The van der Waals surface area contributed by atoms with Gasteiger partial charge in [0.05, 0.1) is 5.69 Å². The molecule has 1 unspecified atom stereocenters. The van der Waals surface area contributed by atoms with Gasteiger partial charge in [-0.25, -0.2) is 0 Å². The highest BCUT2D eigenvalue weighted by Crippen LogP contribution is 2.24. The fraction of sp³-hybridized carbons (Fsp3) is 0.417. The van der Waals surface area contributed by atoms with E-state index in [1.165, 1.54) is 0 Å². The minimum atomic E-state index is 0.374. The van der Waals surface area contributed by atoms with E-state index in [1.807, 2.05) is 18.2 Å². The number of nitrogen functional groups attached to an aromatic ring is 1. The van der Waals surface area contributed by atoms with E-state index in [-0.39, 0.29) is 0 Å². The number of nitrogens with one attached hydrogen (secondary N) is 1. The number of hydrogen-bond acceptors (Lipinski definition) is 5. The number of fused-ring (bicyclic) bond motifs is 1. The van der Waals surface area contributed by atoms with Crippen molar-refractivity contribution in [2.75, 3.05) is 23.1 Å². The lowest BCUT2D eigenvalue weighted by Crippen LogP contribution is -2.21. The zero-order valence-corrected chi connectivity index (χ0v) is 10.9. The van der Waals surface area contributed by atoms with Crippen LogP contribution >= 0.6 is 11.8 Å². The number of nitrogens with zero attached hydrogens (tertiary/aromatic N) is 1. The van der Waals surface area contributed by atoms with E-state index in [0.717, 1.165) is 23.3 Å². The Balaban J connectivity index is 2.21. The van der Waals surface area contributed by atoms with Crippen LogP contribution in [0.1, 0.15) is 13.3 Å². The second-order valence-electron chi connectivity index (χ2n) is 3.92. The van der Waals surface area contributed by atoms with Gasteiger partial charge in [-0.15, -0.1) is 0 Å². The first kappa shape index (κ1) is 12.1. The SMILES string of the molecule is CCC(CSC)Nc1nc2c(N)cccc2o1. The molecule has 2 aromatic rings. The Morgan fingerprint density at radius 1 is 1.53 bits per heavy atom. The summed E-state index contributed by atoms with van der Waals surface area (Å²) < 4.78 is 5.62. The molecule has 0 fully saturated rings. The zero-order chi connectivity index (χ0) is 12.3. The molecule has 17 heavy (non-hydrogen) atoms. The van der Waals surface area contributed by atoms with Crippen molar-refractivity contribution >= 4 is 34.6 Å². The molecule has 3 N–H and O–H groups in total. The maximum atomic E-state index is 5.84. The second-order valence-corrected chi connectivity index (χ2v) is 4.83. The highest BCUT2D eigenvalue weighted by molar-refractivity contribution is 7.98. The Bertz CT molecular complexity index is 497. The van der Waals surface area contributed by atoms with Gasteiger partial charge in [-0.2, -0.15) is 16.7 Å². The summed E-state index contributed by atoms with van der Waals surface area (Å²) in [6.45, 7) is 2.14. The molecule has 92 valence electrons. The zero-order valence-electron chi connectivity index (χ0n) is 10.1. The van der Waals surface area contributed by atoms with Crippen LogP contribution < -0.4 is 11.1 Å². The molecular formula is C12H17N3OS. The fourth-order valence-corrected chi connectivity index (χ4v) is 2.39. The maximum Gasteiger partial charge on any atom is 0.296 e. The summed E-state index contributed by atoms with van der Waals surface area (Å²) >= 11 is 1.81. The third kappa shape index (κ3) is 2.66. The summed E-state index contributed by atoms with van der Waals surface area (Å²) in [5.41, 5.74) is 7.95. The highest BCUT2D eigenvalue weighted by Gasteiger charge is 2.11. The third-order valence-electron chi connectivity index (χ3n) is 2.64. The lowest BCUT2D eigenvalue weighted by Gasteiger charge is -2.13. The predicted octanol–water partition coefficient (Wildman–Crippen LogP) is 2.96. The molecular weight excluding hydrogens is 234 g/mol. The van der Waals surface area contributed by atoms with E-state index in [0.29, 0.717) is 17.7 Å². The van der Waals surface area contributed by atoms with Gasteiger partial charge >= 0.3 is 0 Å². The van der Waals surface area contributed by atoms with Crippen LogP contribution in [0, 0.1) is 0 Å². The van der Waals surface area contributed by atoms with Crippen molar-refractivity contribution in [3.63, 3.8) is 0 Å². The highest BCUT2D eigenvalue weighted by atomic mass is 32.2. The number of nitrogens with two attached hydrogens (primary N) is 1. The van der Waals surface area contributed by atoms with Crippen LogP contribution in [0.25, 0.3) is 11.1 Å². The van der Waals surface area contributed by atoms with Gasteiger partial charge in [0.2, 0.25) is 0 Å². The third-order valence-corrected chi connectivity index (χ3v) is 3.37. The first-order chi connectivity index (χ1) is 8.24. The number of rotatable bonds is 5. The Morgan fingerprint density at radius 3 is 3.00 bits per heavy atom. The Morgan fingerprint density at radius 2 is 2.35 bits per heavy atom. The summed E-state index contributed by atoms with van der Waals surface area (Å²) in [4.78, 5) is 4.37. The molecule has 0 radical (unpaired) electrons. The first-order valence-electron chi connectivity index (χ1n) is 5.65. The van der Waals surface area contributed by atoms with Gasteiger partial charge in [0.25, 0.3) is 6.01 Å². The molecule has 0 bridgehead atoms. The molecule has 1 heterocycles. The Hall–Kier alpha value is -1.36. The molecule has 2 rings (SSSR count). The normalized spacial score (nSPS) is 12.8. The van der Waals surface area contributed by atoms with Crippen molar-refractivity contribution in [1.29, 1.82) is 0 Å². The summed E-state index contributed by atoms with van der Waals surface area (Å²) in [7, 11) is 0. The monoisotopic (exact) mass is 251 g/mol. The lowest BCUT2D eigenvalue weighted by atomic mass is 10.3. The van der Waals surface area contributed by atoms with Gasteiger partial charge in [0.1, 0.15) is 5.52 Å². The van der Waals surface area contributed by atoms with Crippen LogP contribution in [0.3, 0.4) is 0 Å². The molecule has 1 aromatic heterocycles. The minimum Gasteiger partial charge on any atom is -0.423 e. The minimum absolute atomic E-state index is 0.374. The standard InChI is InChI=1S/C12H17N3OS/c1-3-8(7-17-2)14-12-15-11-9(13)5-4-6-10(11)16-12/h4-6,8H,3,7,13H2,1-2H3,(H,14,15). The molecule has 1 aromatic carbocycles. The van der Waals surface area contributed by atoms with E-state index in [2.05, 4.69) is 23.5 Å². The lowest BCUT2D eigenvalue weighted by molar-refractivity contribution is 0.597. The first-order valence-corrected chi connectivity index (χ1v) is 7.04. The summed E-state index contributed by atoms with van der Waals surface area (Å²) in [5, 5.41) is 3.29. The second kappa shape index (κ2) is 5.31. The van der Waals surface area contributed by atoms with Gasteiger partial charge in [0, 0.05) is 11.8 Å². The molecule has 4 nitrogen and oxygen atoms in total. The van der Waals surface area contributed by atoms with Gasteiger partial charge in [-0.1, -0.05) is 13.0 Å². The van der Waals surface area contributed by atoms with Crippen LogP contribution in [0.4, 0.5) is 11.7 Å². The number of benzene rings is 1. The molecule has 5 heteroatoms. The Labute approximate surface area is 105 Å². The molecule has 0 saturated heterocycles. The van der Waals surface area contributed by atoms with Gasteiger partial charge in [-0.05, 0) is 24.8 Å². The number of anilines is 2. The van der Waals surface area contributed by atoms with Crippen molar-refractivity contribution in [3.8, 4) is 0 Å². The van der Waals surface area contributed by atoms with E-state index in [1.54, 1.807) is 11.8 Å². The number of thioether (sulfide) groups is 1. The van der Waals surface area contributed by atoms with Crippen LogP contribution in [-0.4, -0.2) is 23.0 Å². The molecule has 0 aliphatic carbocycles. The molecule has 0 aliphatic heterocycles. The predicted molar refractivity (Wildman–Crippen MR) is 74.5 cm³/mol. The maximum absolute atomic E-state index is 5.84. The van der Waals surface area contributed by atoms with E-state index < -0.39 is 0 Å². The summed E-state index contributed by atoms with van der Waals surface area (Å²) in [6.07, 6.45) is 3.13. The van der Waals surface area contributed by atoms with Crippen molar-refractivity contribution in [3.05, 3.63) is 18.2 Å². The summed E-state index contributed by atoms with van der Waals surface area (Å²) in [5.74, 6) is 1.03. The molecule has 0 saturated carbocycles. The van der Waals surface area contributed by atoms with Crippen molar-refractivity contribution in [2.24, 2.45) is 0 Å². The molecule has 0 aliphatic rings. The van der Waals surface area contributed by atoms with Crippen LogP contribution in [0.15, 0.2) is 22.6 Å². The van der Waals surface area contributed by atoms with Crippen molar-refractivity contribution < 1.29 is 4.42 Å². The topological polar surface area (TPSA) is 64.1 Å². The van der Waals surface area contributed by atoms with Crippen molar-refractivity contribution in [1.82, 2.24) is 4.98 Å². The van der Waals surface area contributed by atoms with E-state index >= 15 is 0 Å². The average Bonchev–Trinajstić information content (AvgIpc) is 2.72. The number of para-hydroxylation sites is 1. The quantitative estimate of drug-likeness (QED) is 0.800. The van der Waals surface area contributed by atoms with E-state index in [4.69, 9.17) is 10.2 Å². The molecule has 0 spiro atoms. The van der Waals surface area contributed by atoms with Crippen molar-refractivity contribution in [2.45, 2.75) is 19.4 Å². The van der Waals surface area contributed by atoms with Crippen LogP contribution in [0.2, 0.25) is 0 Å². The molecule has 0 amide bonds. The number of hydrogen-bond donors (Lipinski definition) is 2. The van der Waals surface area contributed by atoms with Gasteiger partial charge < -0.3 is 15.5 Å². The molecule has 1 atom stereocenters. The average molecular weight is 251 g/mol. The van der Waals surface area contributed by atoms with Crippen LogP contribution in [0.5, 0.6) is 0 Å². The van der Waals surface area contributed by atoms with Gasteiger partial charge in [-0.3, -0.25) is 0 Å². The summed E-state index contributed by atoms with van der Waals surface area (Å²) in [6, 6.07) is 6.50. The largest absolute Gasteiger partial charge is 0.423 e. The van der Waals surface area contributed by atoms with Crippen LogP contribution in [-0.2, 0) is 0 Å². The number of aromatic nitrogens is 1. The fourth-order valence-electron chi connectivity index (χ4n) is 1.67. The smallest absolute Gasteiger partial charge is 0.296 e. The Kier molecular flexibility index (Phi) is 3.78. The number of oxazole rings is 1. The van der Waals surface area contributed by atoms with E-state index in [9.17, 15) is 0 Å².